The van der Waals surface area contributed by atoms with Gasteiger partial charge in [0.05, 0.1) is 6.04 Å². The van der Waals surface area contributed by atoms with Gasteiger partial charge in [-0.1, -0.05) is 68.8 Å². The van der Waals surface area contributed by atoms with Crippen LogP contribution in [-0.2, 0) is 11.8 Å². The summed E-state index contributed by atoms with van der Waals surface area (Å²) >= 11 is 0. The maximum absolute atomic E-state index is 3.67. The SMILES string of the molecule is Cc1ccc2c(c1)CCNC2c1ccc(C(C)(C)C)cc1. The summed E-state index contributed by atoms with van der Waals surface area (Å²) in [6, 6.07) is 16.3. The molecular weight excluding hydrogens is 254 g/mol. The van der Waals surface area contributed by atoms with E-state index in [1.165, 1.54) is 27.8 Å². The predicted octanol–water partition coefficient (Wildman–Crippen LogP) is 4.53. The van der Waals surface area contributed by atoms with Crippen LogP contribution in [0.1, 0.15) is 54.6 Å². The van der Waals surface area contributed by atoms with Crippen molar-refractivity contribution < 1.29 is 0 Å². The van der Waals surface area contributed by atoms with Crippen LogP contribution < -0.4 is 5.32 Å². The highest BCUT2D eigenvalue weighted by Gasteiger charge is 2.22. The van der Waals surface area contributed by atoms with E-state index in [9.17, 15) is 0 Å². The second-order valence-corrected chi connectivity index (χ2v) is 7.21. The lowest BCUT2D eigenvalue weighted by Gasteiger charge is -2.28. The highest BCUT2D eigenvalue weighted by molar-refractivity contribution is 5.42. The van der Waals surface area contributed by atoms with E-state index in [4.69, 9.17) is 0 Å². The second-order valence-electron chi connectivity index (χ2n) is 7.21. The lowest BCUT2D eigenvalue weighted by Crippen LogP contribution is -2.30. The summed E-state index contributed by atoms with van der Waals surface area (Å²) in [5, 5.41) is 3.67. The van der Waals surface area contributed by atoms with Gasteiger partial charge in [-0.25, -0.2) is 0 Å². The highest BCUT2D eigenvalue weighted by Crippen LogP contribution is 2.31. The number of fused-ring (bicyclic) bond motifs is 1. The topological polar surface area (TPSA) is 12.0 Å². The van der Waals surface area contributed by atoms with Gasteiger partial charge in [-0.05, 0) is 41.0 Å². The second kappa shape index (κ2) is 5.31. The van der Waals surface area contributed by atoms with Gasteiger partial charge in [0, 0.05) is 6.54 Å². The van der Waals surface area contributed by atoms with E-state index in [-0.39, 0.29) is 5.41 Å². The first-order valence-electron chi connectivity index (χ1n) is 7.88. The Morgan fingerprint density at radius 2 is 1.71 bits per heavy atom. The molecule has 0 saturated heterocycles. The van der Waals surface area contributed by atoms with Crippen molar-refractivity contribution in [3.63, 3.8) is 0 Å². The molecule has 110 valence electrons. The smallest absolute Gasteiger partial charge is 0.0579 e. The quantitative estimate of drug-likeness (QED) is 0.809. The Labute approximate surface area is 128 Å². The monoisotopic (exact) mass is 279 g/mol. The van der Waals surface area contributed by atoms with Crippen molar-refractivity contribution in [2.45, 2.75) is 45.6 Å². The number of hydrogen-bond donors (Lipinski definition) is 1. The summed E-state index contributed by atoms with van der Waals surface area (Å²) in [7, 11) is 0. The maximum atomic E-state index is 3.67. The van der Waals surface area contributed by atoms with E-state index < -0.39 is 0 Å². The molecule has 1 aliphatic heterocycles. The Hall–Kier alpha value is -1.60. The van der Waals surface area contributed by atoms with Gasteiger partial charge in [-0.2, -0.15) is 0 Å². The van der Waals surface area contributed by atoms with Crippen LogP contribution in [0.4, 0.5) is 0 Å². The predicted molar refractivity (Wildman–Crippen MR) is 89.9 cm³/mol. The van der Waals surface area contributed by atoms with Crippen molar-refractivity contribution in [3.8, 4) is 0 Å². The largest absolute Gasteiger partial charge is 0.306 e. The first-order valence-corrected chi connectivity index (χ1v) is 7.88. The zero-order chi connectivity index (χ0) is 15.0. The van der Waals surface area contributed by atoms with Crippen molar-refractivity contribution in [1.29, 1.82) is 0 Å². The minimum Gasteiger partial charge on any atom is -0.306 e. The summed E-state index contributed by atoms with van der Waals surface area (Å²) < 4.78 is 0. The minimum atomic E-state index is 0.216. The standard InChI is InChI=1S/C20H25N/c1-14-5-10-18-16(13-14)11-12-21-19(18)15-6-8-17(9-7-15)20(2,3)4/h5-10,13,19,21H,11-12H2,1-4H3. The van der Waals surface area contributed by atoms with E-state index in [1.807, 2.05) is 0 Å². The number of aryl methyl sites for hydroxylation is 1. The fourth-order valence-electron chi connectivity index (χ4n) is 3.17. The molecule has 2 aromatic rings. The molecule has 0 fully saturated rings. The van der Waals surface area contributed by atoms with E-state index in [0.29, 0.717) is 6.04 Å². The van der Waals surface area contributed by atoms with Crippen LogP contribution in [0.5, 0.6) is 0 Å². The molecule has 1 atom stereocenters. The summed E-state index contributed by atoms with van der Waals surface area (Å²) in [5.74, 6) is 0. The van der Waals surface area contributed by atoms with E-state index in [0.717, 1.165) is 13.0 Å². The number of nitrogens with one attached hydrogen (secondary N) is 1. The highest BCUT2D eigenvalue weighted by atomic mass is 14.9. The first-order chi connectivity index (χ1) is 9.95. The molecule has 0 bridgehead atoms. The average Bonchev–Trinajstić information content (AvgIpc) is 2.45. The molecule has 0 aromatic heterocycles. The van der Waals surface area contributed by atoms with Gasteiger partial charge in [0.1, 0.15) is 0 Å². The molecule has 0 radical (unpaired) electrons. The van der Waals surface area contributed by atoms with Crippen molar-refractivity contribution in [2.75, 3.05) is 6.54 Å². The van der Waals surface area contributed by atoms with Crippen molar-refractivity contribution >= 4 is 0 Å². The molecule has 3 rings (SSSR count). The van der Waals surface area contributed by atoms with Gasteiger partial charge in [0.2, 0.25) is 0 Å². The van der Waals surface area contributed by atoms with Crippen LogP contribution in [0.2, 0.25) is 0 Å². The average molecular weight is 279 g/mol. The van der Waals surface area contributed by atoms with E-state index in [1.54, 1.807) is 0 Å². The van der Waals surface area contributed by atoms with Gasteiger partial charge >= 0.3 is 0 Å². The van der Waals surface area contributed by atoms with Crippen LogP contribution in [0.25, 0.3) is 0 Å². The zero-order valence-electron chi connectivity index (χ0n) is 13.5. The third kappa shape index (κ3) is 2.89. The van der Waals surface area contributed by atoms with Crippen LogP contribution in [0.3, 0.4) is 0 Å². The molecule has 0 amide bonds. The van der Waals surface area contributed by atoms with Crippen molar-refractivity contribution in [2.24, 2.45) is 0 Å². The van der Waals surface area contributed by atoms with Crippen LogP contribution >= 0.6 is 0 Å². The van der Waals surface area contributed by atoms with Gasteiger partial charge in [-0.3, -0.25) is 0 Å². The molecule has 0 saturated carbocycles. The Bertz CT molecular complexity index is 632. The Balaban J connectivity index is 1.95. The maximum Gasteiger partial charge on any atom is 0.0579 e. The molecule has 0 aliphatic carbocycles. The van der Waals surface area contributed by atoms with Crippen LogP contribution in [0, 0.1) is 6.92 Å². The van der Waals surface area contributed by atoms with E-state index in [2.05, 4.69) is 75.5 Å². The Kier molecular flexibility index (Phi) is 3.62. The summed E-state index contributed by atoms with van der Waals surface area (Å²) in [4.78, 5) is 0. The van der Waals surface area contributed by atoms with Gasteiger partial charge in [0.25, 0.3) is 0 Å². The summed E-state index contributed by atoms with van der Waals surface area (Å²) in [6.45, 7) is 10.0. The Morgan fingerprint density at radius 1 is 1.00 bits per heavy atom. The molecule has 1 heteroatoms. The number of hydrogen-bond acceptors (Lipinski definition) is 1. The van der Waals surface area contributed by atoms with E-state index >= 15 is 0 Å². The molecular formula is C20H25N. The normalized spacial score (nSPS) is 18.4. The lowest BCUT2D eigenvalue weighted by atomic mass is 9.84. The molecule has 1 N–H and O–H groups in total. The summed E-state index contributed by atoms with van der Waals surface area (Å²) in [6.07, 6.45) is 1.13. The van der Waals surface area contributed by atoms with Crippen molar-refractivity contribution in [3.05, 3.63) is 70.3 Å². The number of benzene rings is 2. The molecule has 1 heterocycles. The molecule has 1 nitrogen and oxygen atoms in total. The van der Waals surface area contributed by atoms with Gasteiger partial charge < -0.3 is 5.32 Å². The van der Waals surface area contributed by atoms with Crippen LogP contribution in [0.15, 0.2) is 42.5 Å². The third-order valence-electron chi connectivity index (χ3n) is 4.46. The third-order valence-corrected chi connectivity index (χ3v) is 4.46. The summed E-state index contributed by atoms with van der Waals surface area (Å²) in [5.41, 5.74) is 7.28. The van der Waals surface area contributed by atoms with Gasteiger partial charge in [-0.15, -0.1) is 0 Å². The molecule has 1 unspecified atom stereocenters. The lowest BCUT2D eigenvalue weighted by molar-refractivity contribution is 0.564. The Morgan fingerprint density at radius 3 is 2.38 bits per heavy atom. The zero-order valence-corrected chi connectivity index (χ0v) is 13.5. The molecule has 0 spiro atoms. The first kappa shape index (κ1) is 14.3. The number of rotatable bonds is 1. The molecule has 2 aromatic carbocycles. The fourth-order valence-corrected chi connectivity index (χ4v) is 3.17. The van der Waals surface area contributed by atoms with Crippen LogP contribution in [-0.4, -0.2) is 6.54 Å². The minimum absolute atomic E-state index is 0.216. The molecule has 21 heavy (non-hydrogen) atoms. The van der Waals surface area contributed by atoms with Crippen molar-refractivity contribution in [1.82, 2.24) is 5.32 Å². The van der Waals surface area contributed by atoms with Gasteiger partial charge in [0.15, 0.2) is 0 Å². The fraction of sp³-hybridized carbons (Fsp3) is 0.400. The molecule has 1 aliphatic rings.